The first-order chi connectivity index (χ1) is 8.16. The van der Waals surface area contributed by atoms with Crippen LogP contribution >= 0.6 is 27.7 Å². The molecule has 0 aliphatic carbocycles. The summed E-state index contributed by atoms with van der Waals surface area (Å²) in [5, 5.41) is 6.93. The van der Waals surface area contributed by atoms with Crippen molar-refractivity contribution in [1.29, 1.82) is 0 Å². The van der Waals surface area contributed by atoms with E-state index in [2.05, 4.69) is 31.1 Å². The fraction of sp³-hybridized carbons (Fsp3) is 0.182. The molecule has 1 aromatic heterocycles. The molecule has 0 spiro atoms. The number of thioether (sulfide) groups is 1. The predicted molar refractivity (Wildman–Crippen MR) is 70.2 cm³/mol. The third-order valence-electron chi connectivity index (χ3n) is 2.18. The minimum absolute atomic E-state index is 0.0823. The first kappa shape index (κ1) is 12.3. The quantitative estimate of drug-likeness (QED) is 0.696. The molecule has 2 rings (SSSR count). The van der Waals surface area contributed by atoms with Gasteiger partial charge < -0.3 is 0 Å². The zero-order valence-electron chi connectivity index (χ0n) is 9.05. The molecule has 1 unspecified atom stereocenters. The van der Waals surface area contributed by atoms with Crippen LogP contribution in [-0.2, 0) is 0 Å². The van der Waals surface area contributed by atoms with Crippen LogP contribution in [-0.4, -0.2) is 26.2 Å². The third kappa shape index (κ3) is 3.17. The first-order valence-electron chi connectivity index (χ1n) is 4.98. The number of carbonyl (C=O) groups is 1. The van der Waals surface area contributed by atoms with E-state index in [0.717, 1.165) is 4.47 Å². The summed E-state index contributed by atoms with van der Waals surface area (Å²) in [6.07, 6.45) is 1.43. The molecule has 17 heavy (non-hydrogen) atoms. The highest BCUT2D eigenvalue weighted by Crippen LogP contribution is 2.22. The average molecular weight is 312 g/mol. The van der Waals surface area contributed by atoms with Gasteiger partial charge in [-0.1, -0.05) is 39.8 Å². The topological polar surface area (TPSA) is 58.6 Å². The number of ketones is 1. The summed E-state index contributed by atoms with van der Waals surface area (Å²) in [5.74, 6) is 0.0823. The number of aromatic nitrogens is 3. The highest BCUT2D eigenvalue weighted by molar-refractivity contribution is 9.10. The average Bonchev–Trinajstić information content (AvgIpc) is 2.82. The van der Waals surface area contributed by atoms with E-state index >= 15 is 0 Å². The molecule has 6 heteroatoms. The van der Waals surface area contributed by atoms with Crippen molar-refractivity contribution in [3.63, 3.8) is 0 Å². The first-order valence-corrected chi connectivity index (χ1v) is 6.66. The number of hydrogen-bond donors (Lipinski definition) is 1. The van der Waals surface area contributed by atoms with Gasteiger partial charge >= 0.3 is 0 Å². The number of hydrogen-bond acceptors (Lipinski definition) is 4. The molecule has 0 radical (unpaired) electrons. The maximum atomic E-state index is 12.1. The number of H-pyrrole nitrogens is 1. The summed E-state index contributed by atoms with van der Waals surface area (Å²) >= 11 is 4.71. The van der Waals surface area contributed by atoms with E-state index in [1.807, 2.05) is 31.2 Å². The van der Waals surface area contributed by atoms with Crippen LogP contribution in [0.3, 0.4) is 0 Å². The SMILES string of the molecule is CC(Sc1ncn[nH]1)C(=O)c1ccc(Br)cc1. The summed E-state index contributed by atoms with van der Waals surface area (Å²) in [6, 6.07) is 7.34. The van der Waals surface area contributed by atoms with Crippen LogP contribution in [0.5, 0.6) is 0 Å². The Labute approximate surface area is 111 Å². The molecule has 2 aromatic rings. The van der Waals surface area contributed by atoms with E-state index in [9.17, 15) is 4.79 Å². The maximum Gasteiger partial charge on any atom is 0.184 e. The number of rotatable bonds is 4. The lowest BCUT2D eigenvalue weighted by Gasteiger charge is -2.07. The monoisotopic (exact) mass is 311 g/mol. The van der Waals surface area contributed by atoms with E-state index in [0.29, 0.717) is 10.7 Å². The Hall–Kier alpha value is -1.14. The maximum absolute atomic E-state index is 12.1. The van der Waals surface area contributed by atoms with Gasteiger partial charge in [0.05, 0.1) is 5.25 Å². The number of carbonyl (C=O) groups excluding carboxylic acids is 1. The van der Waals surface area contributed by atoms with Gasteiger partial charge in [-0.2, -0.15) is 5.10 Å². The molecule has 0 bridgehead atoms. The van der Waals surface area contributed by atoms with Crippen LogP contribution in [0, 0.1) is 0 Å². The second-order valence-electron chi connectivity index (χ2n) is 3.42. The van der Waals surface area contributed by atoms with Gasteiger partial charge in [-0.3, -0.25) is 9.89 Å². The summed E-state index contributed by atoms with van der Waals surface area (Å²) in [4.78, 5) is 16.1. The van der Waals surface area contributed by atoms with Crippen molar-refractivity contribution < 1.29 is 4.79 Å². The Morgan fingerprint density at radius 2 is 2.12 bits per heavy atom. The van der Waals surface area contributed by atoms with Crippen molar-refractivity contribution >= 4 is 33.5 Å². The molecule has 1 N–H and O–H groups in total. The van der Waals surface area contributed by atoms with Crippen molar-refractivity contribution in [3.05, 3.63) is 40.6 Å². The van der Waals surface area contributed by atoms with Crippen LogP contribution < -0.4 is 0 Å². The third-order valence-corrected chi connectivity index (χ3v) is 3.70. The molecular formula is C11H10BrN3OS. The summed E-state index contributed by atoms with van der Waals surface area (Å²) in [5.41, 5.74) is 0.702. The number of benzene rings is 1. The van der Waals surface area contributed by atoms with Crippen LogP contribution in [0.4, 0.5) is 0 Å². The van der Waals surface area contributed by atoms with Crippen LogP contribution in [0.15, 0.2) is 40.2 Å². The fourth-order valence-corrected chi connectivity index (χ4v) is 2.38. The summed E-state index contributed by atoms with van der Waals surface area (Å²) < 4.78 is 0.963. The minimum atomic E-state index is -0.191. The van der Waals surface area contributed by atoms with Crippen LogP contribution in [0.2, 0.25) is 0 Å². The van der Waals surface area contributed by atoms with Gasteiger partial charge in [-0.15, -0.1) is 0 Å². The van der Waals surface area contributed by atoms with Gasteiger partial charge in [0.15, 0.2) is 10.9 Å². The van der Waals surface area contributed by atoms with E-state index in [1.165, 1.54) is 18.1 Å². The molecule has 0 amide bonds. The summed E-state index contributed by atoms with van der Waals surface area (Å²) in [6.45, 7) is 1.86. The minimum Gasteiger partial charge on any atom is -0.293 e. The van der Waals surface area contributed by atoms with Crippen molar-refractivity contribution in [3.8, 4) is 0 Å². The van der Waals surface area contributed by atoms with Gasteiger partial charge in [0.2, 0.25) is 0 Å². The number of Topliss-reactive ketones (excluding diaryl/α,β-unsaturated/α-hetero) is 1. The van der Waals surface area contributed by atoms with Crippen molar-refractivity contribution in [1.82, 2.24) is 15.2 Å². The Balaban J connectivity index is 2.07. The molecule has 4 nitrogen and oxygen atoms in total. The van der Waals surface area contributed by atoms with Gasteiger partial charge in [0.1, 0.15) is 6.33 Å². The van der Waals surface area contributed by atoms with Crippen LogP contribution in [0.25, 0.3) is 0 Å². The molecule has 1 aromatic carbocycles. The molecule has 1 atom stereocenters. The molecule has 0 fully saturated rings. The summed E-state index contributed by atoms with van der Waals surface area (Å²) in [7, 11) is 0. The fourth-order valence-electron chi connectivity index (χ4n) is 1.32. The highest BCUT2D eigenvalue weighted by atomic mass is 79.9. The number of aromatic amines is 1. The molecule has 88 valence electrons. The normalized spacial score (nSPS) is 12.4. The Bertz CT molecular complexity index is 498. The highest BCUT2D eigenvalue weighted by Gasteiger charge is 2.17. The van der Waals surface area contributed by atoms with E-state index in [-0.39, 0.29) is 11.0 Å². The van der Waals surface area contributed by atoms with Gasteiger partial charge in [0.25, 0.3) is 0 Å². The predicted octanol–water partition coefficient (Wildman–Crippen LogP) is 2.93. The largest absolute Gasteiger partial charge is 0.293 e. The second kappa shape index (κ2) is 5.46. The molecule has 0 saturated heterocycles. The smallest absolute Gasteiger partial charge is 0.184 e. The van der Waals surface area contributed by atoms with E-state index < -0.39 is 0 Å². The lowest BCUT2D eigenvalue weighted by Crippen LogP contribution is -2.13. The number of halogens is 1. The standard InChI is InChI=1S/C11H10BrN3OS/c1-7(17-11-13-6-14-15-11)10(16)8-2-4-9(12)5-3-8/h2-7H,1H3,(H,13,14,15). The molecule has 0 aliphatic heterocycles. The van der Waals surface area contributed by atoms with Gasteiger partial charge in [-0.25, -0.2) is 4.98 Å². The number of nitrogens with one attached hydrogen (secondary N) is 1. The molecule has 0 saturated carbocycles. The van der Waals surface area contributed by atoms with Gasteiger partial charge in [0, 0.05) is 10.0 Å². The Morgan fingerprint density at radius 1 is 1.41 bits per heavy atom. The van der Waals surface area contributed by atoms with E-state index in [4.69, 9.17) is 0 Å². The lowest BCUT2D eigenvalue weighted by atomic mass is 10.1. The molecule has 0 aliphatic rings. The van der Waals surface area contributed by atoms with Crippen molar-refractivity contribution in [2.45, 2.75) is 17.3 Å². The molecule has 1 heterocycles. The van der Waals surface area contributed by atoms with Crippen molar-refractivity contribution in [2.24, 2.45) is 0 Å². The molecular weight excluding hydrogens is 302 g/mol. The van der Waals surface area contributed by atoms with Crippen LogP contribution in [0.1, 0.15) is 17.3 Å². The van der Waals surface area contributed by atoms with Gasteiger partial charge in [-0.05, 0) is 19.1 Å². The number of nitrogens with zero attached hydrogens (tertiary/aromatic N) is 2. The van der Waals surface area contributed by atoms with E-state index in [1.54, 1.807) is 0 Å². The van der Waals surface area contributed by atoms with Crippen molar-refractivity contribution in [2.75, 3.05) is 0 Å². The Kier molecular flexibility index (Phi) is 3.96. The Morgan fingerprint density at radius 3 is 2.71 bits per heavy atom. The zero-order valence-corrected chi connectivity index (χ0v) is 11.5. The lowest BCUT2D eigenvalue weighted by molar-refractivity contribution is 0.0994. The zero-order chi connectivity index (χ0) is 12.3. The second-order valence-corrected chi connectivity index (χ2v) is 5.67.